The number of carbonyl (C=O) groups is 2. The number of thiophene rings is 2. The van der Waals surface area contributed by atoms with Crippen LogP contribution in [-0.4, -0.2) is 55.9 Å². The van der Waals surface area contributed by atoms with Crippen molar-refractivity contribution in [1.29, 1.82) is 0 Å². The predicted molar refractivity (Wildman–Crippen MR) is 152 cm³/mol. The van der Waals surface area contributed by atoms with Gasteiger partial charge in [0, 0.05) is 56.9 Å². The van der Waals surface area contributed by atoms with E-state index in [-0.39, 0.29) is 35.7 Å². The maximum Gasteiger partial charge on any atom is 0.458 e. The van der Waals surface area contributed by atoms with E-state index < -0.39 is 55.4 Å². The molecule has 1 atom stereocenters. The van der Waals surface area contributed by atoms with Gasteiger partial charge in [0.2, 0.25) is 0 Å². The number of halogens is 11. The van der Waals surface area contributed by atoms with E-state index in [0.717, 1.165) is 16.3 Å². The Balaban J connectivity index is 0.000000648. The zero-order valence-corrected chi connectivity index (χ0v) is 31.9. The van der Waals surface area contributed by atoms with E-state index in [4.69, 9.17) is 17.2 Å². The number of alkyl halides is 9. The third-order valence-electron chi connectivity index (χ3n) is 4.36. The van der Waals surface area contributed by atoms with Gasteiger partial charge in [-0.05, 0) is 44.0 Å². The Morgan fingerprint density at radius 2 is 1.30 bits per heavy atom. The number of ether oxygens (including phenoxy) is 2. The topological polar surface area (TPSA) is 153 Å². The Bertz CT molecular complexity index is 1790. The molecule has 4 rings (SSSR count). The molecule has 26 heteroatoms. The van der Waals surface area contributed by atoms with Gasteiger partial charge in [0.25, 0.3) is 0 Å². The molecular weight excluding hydrogens is 933 g/mol. The Labute approximate surface area is 298 Å². The van der Waals surface area contributed by atoms with Crippen molar-refractivity contribution in [1.82, 2.24) is 9.97 Å². The van der Waals surface area contributed by atoms with E-state index in [0.29, 0.717) is 26.9 Å². The summed E-state index contributed by atoms with van der Waals surface area (Å²) >= 11 is 4.54. The van der Waals surface area contributed by atoms with Gasteiger partial charge in [-0.1, -0.05) is 0 Å². The number of aromatic nitrogens is 2. The van der Waals surface area contributed by atoms with Crippen molar-refractivity contribution in [2.24, 2.45) is 0 Å². The molecule has 0 N–H and O–H groups in total. The van der Waals surface area contributed by atoms with Crippen molar-refractivity contribution in [3.8, 4) is 0 Å². The Hall–Kier alpha value is -1.83. The third kappa shape index (κ3) is 13.2. The van der Waals surface area contributed by atoms with Crippen LogP contribution in [0.1, 0.15) is 25.6 Å². The fraction of sp³-hybridized carbons (Fsp3) is 0.238. The van der Waals surface area contributed by atoms with Crippen LogP contribution in [0.4, 0.5) is 39.5 Å². The van der Waals surface area contributed by atoms with E-state index in [2.05, 4.69) is 51.3 Å². The smallest absolute Gasteiger partial charge is 0.458 e. The molecule has 0 fully saturated rings. The van der Waals surface area contributed by atoms with Gasteiger partial charge in [0.15, 0.2) is 0 Å². The standard InChI is InChI=1S/C10H5BrF3NO2S.C9H6BrNO2S.CHF3O2S.CF3O2S.Zn/c1-17-9(16)5-6-7(4(11)2-3-15-6)18-8(5)10(12,13)14;1-13-9(12)5-4-14-8-6(10)2-3-11-7(5)8;2*2-1(3,4)7(5)6;/h2-3H,1H3;2-4H,1H3;(H,5,6);;/q;;;-1;/p-1. The van der Waals surface area contributed by atoms with Gasteiger partial charge in [-0.25, -0.2) is 9.59 Å². The molecule has 0 aliphatic carbocycles. The molecule has 0 spiro atoms. The second-order valence-electron chi connectivity index (χ2n) is 7.24. The van der Waals surface area contributed by atoms with Crippen LogP contribution in [0, 0.1) is 0 Å². The van der Waals surface area contributed by atoms with Crippen molar-refractivity contribution in [3.05, 3.63) is 54.9 Å². The number of hydrogen-bond acceptors (Lipinski definition) is 13. The van der Waals surface area contributed by atoms with Crippen LogP contribution in [0.5, 0.6) is 0 Å². The molecule has 258 valence electrons. The number of carbonyl (C=O) groups excluding carboxylic acids is 2. The molecule has 4 heterocycles. The van der Waals surface area contributed by atoms with Crippen molar-refractivity contribution < 1.29 is 95.2 Å². The Morgan fingerprint density at radius 1 is 0.872 bits per heavy atom. The van der Waals surface area contributed by atoms with E-state index >= 15 is 0 Å². The average Bonchev–Trinajstić information content (AvgIpc) is 3.56. The molecule has 1 unspecified atom stereocenters. The molecule has 47 heavy (non-hydrogen) atoms. The summed E-state index contributed by atoms with van der Waals surface area (Å²) in [5.41, 5.74) is -9.50. The monoisotopic (exact) mass is 940 g/mol. The minimum atomic E-state index is -5.08. The summed E-state index contributed by atoms with van der Waals surface area (Å²) in [6, 6.07) is 3.36. The van der Waals surface area contributed by atoms with Crippen molar-refractivity contribution in [2.45, 2.75) is 17.2 Å². The van der Waals surface area contributed by atoms with Crippen molar-refractivity contribution >= 4 is 109 Å². The van der Waals surface area contributed by atoms with Gasteiger partial charge in [0.05, 0.1) is 51.3 Å². The second kappa shape index (κ2) is 18.8. The minimum absolute atomic E-state index is 0. The summed E-state index contributed by atoms with van der Waals surface area (Å²) in [5.74, 6) is -1.39. The molecule has 4 aromatic heterocycles. The molecular formula is C21H11Br2F9N2O8S4Zn-2. The SMILES string of the molecule is COC(=O)c1c(C(F)(F)F)sc2c(Br)ccnc12.COC(=O)c1csc2c(Br)ccnc12.O=S([O-])C(F)(F)F.O=[S-](=O)C(F)(F)F.[Zn]. The van der Waals surface area contributed by atoms with Crippen LogP contribution in [0.2, 0.25) is 0 Å². The number of fused-ring (bicyclic) bond motifs is 2. The first-order chi connectivity index (χ1) is 21.0. The molecule has 0 saturated carbocycles. The van der Waals surface area contributed by atoms with Gasteiger partial charge in [-0.3, -0.25) is 14.2 Å². The summed E-state index contributed by atoms with van der Waals surface area (Å²) in [7, 11) is -1.54. The predicted octanol–water partition coefficient (Wildman–Crippen LogP) is 7.91. The molecule has 0 saturated heterocycles. The Kier molecular flexibility index (Phi) is 18.1. The largest absolute Gasteiger partial charge is 0.766 e. The van der Waals surface area contributed by atoms with Crippen LogP contribution < -0.4 is 0 Å². The number of esters is 2. The zero-order chi connectivity index (χ0) is 35.8. The van der Waals surface area contributed by atoms with Gasteiger partial charge < -0.3 is 22.4 Å². The number of rotatable bonds is 2. The van der Waals surface area contributed by atoms with Crippen LogP contribution in [0.3, 0.4) is 0 Å². The van der Waals surface area contributed by atoms with Crippen molar-refractivity contribution in [3.63, 3.8) is 0 Å². The second-order valence-corrected chi connectivity index (χ2v) is 12.7. The first-order valence-electron chi connectivity index (χ1n) is 10.6. The summed E-state index contributed by atoms with van der Waals surface area (Å²) in [4.78, 5) is 29.8. The van der Waals surface area contributed by atoms with E-state index in [1.165, 1.54) is 30.7 Å². The van der Waals surface area contributed by atoms with Crippen molar-refractivity contribution in [2.75, 3.05) is 14.2 Å². The summed E-state index contributed by atoms with van der Waals surface area (Å²) in [6.45, 7) is 0. The molecule has 0 aliphatic rings. The molecule has 0 aliphatic heterocycles. The molecule has 0 aromatic carbocycles. The summed E-state index contributed by atoms with van der Waals surface area (Å²) < 4.78 is 149. The number of methoxy groups -OCH3 is 2. The van der Waals surface area contributed by atoms with Gasteiger partial charge in [0.1, 0.15) is 10.4 Å². The quantitative estimate of drug-likeness (QED) is 0.0638. The summed E-state index contributed by atoms with van der Waals surface area (Å²) in [5, 5.41) is 1.76. The molecule has 0 bridgehead atoms. The van der Waals surface area contributed by atoms with Gasteiger partial charge in [-0.15, -0.1) is 22.7 Å². The Morgan fingerprint density at radius 3 is 1.68 bits per heavy atom. The van der Waals surface area contributed by atoms with Gasteiger partial charge in [-0.2, -0.15) is 39.5 Å². The average molecular weight is 944 g/mol. The first-order valence-corrected chi connectivity index (χ1v) is 16.1. The number of nitrogens with zero attached hydrogens (tertiary/aromatic N) is 2. The third-order valence-corrected chi connectivity index (χ3v) is 9.22. The summed E-state index contributed by atoms with van der Waals surface area (Å²) in [6.07, 6.45) is -1.63. The maximum atomic E-state index is 12.9. The molecule has 0 amide bonds. The van der Waals surface area contributed by atoms with E-state index in [9.17, 15) is 49.1 Å². The number of hydrogen-bond donors (Lipinski definition) is 0. The molecule has 4 aromatic rings. The zero-order valence-electron chi connectivity index (χ0n) is 22.5. The van der Waals surface area contributed by atoms with Crippen LogP contribution in [0.25, 0.3) is 20.4 Å². The van der Waals surface area contributed by atoms with Gasteiger partial charge >= 0.3 is 29.1 Å². The molecule has 0 radical (unpaired) electrons. The van der Waals surface area contributed by atoms with Crippen LogP contribution in [0.15, 0.2) is 38.9 Å². The fourth-order valence-electron chi connectivity index (χ4n) is 2.61. The van der Waals surface area contributed by atoms with E-state index in [1.807, 2.05) is 6.07 Å². The van der Waals surface area contributed by atoms with Crippen LogP contribution in [-0.2, 0) is 65.3 Å². The number of pyridine rings is 2. The fourth-order valence-corrected chi connectivity index (χ4v) is 5.66. The van der Waals surface area contributed by atoms with E-state index in [1.54, 1.807) is 11.6 Å². The maximum absolute atomic E-state index is 12.9. The van der Waals surface area contributed by atoms with Crippen LogP contribution >= 0.6 is 54.5 Å². The minimum Gasteiger partial charge on any atom is -0.766 e. The molecule has 10 nitrogen and oxygen atoms in total. The first kappa shape index (κ1) is 45.2. The normalized spacial score (nSPS) is 12.0.